The molecule has 1 fully saturated rings. The van der Waals surface area contributed by atoms with Gasteiger partial charge in [-0.2, -0.15) is 0 Å². The highest BCUT2D eigenvalue weighted by molar-refractivity contribution is 7.89. The van der Waals surface area contributed by atoms with E-state index in [4.69, 9.17) is 4.74 Å². The number of morpholine rings is 1. The number of benzene rings is 1. The summed E-state index contributed by atoms with van der Waals surface area (Å²) in [5.41, 5.74) is 3.09. The van der Waals surface area contributed by atoms with E-state index in [0.29, 0.717) is 37.6 Å². The molecule has 2 aromatic rings. The smallest absolute Gasteiger partial charge is 0.240 e. The molecule has 1 aromatic carbocycles. The van der Waals surface area contributed by atoms with Crippen molar-refractivity contribution in [2.24, 2.45) is 0 Å². The minimum absolute atomic E-state index is 0.146. The highest BCUT2D eigenvalue weighted by atomic mass is 32.2. The molecule has 0 bridgehead atoms. The number of aromatic nitrogens is 1. The molecule has 1 amide bonds. The number of carbonyl (C=O) groups is 1. The molecule has 2 aliphatic rings. The number of anilines is 1. The van der Waals surface area contributed by atoms with Crippen molar-refractivity contribution in [3.8, 4) is 0 Å². The Morgan fingerprint density at radius 2 is 2.00 bits per heavy atom. The molecular weight excluding hydrogens is 380 g/mol. The van der Waals surface area contributed by atoms with Crippen LogP contribution in [0.5, 0.6) is 0 Å². The van der Waals surface area contributed by atoms with Crippen molar-refractivity contribution in [3.05, 3.63) is 47.3 Å². The van der Waals surface area contributed by atoms with Crippen LogP contribution < -0.4 is 10.0 Å². The van der Waals surface area contributed by atoms with Gasteiger partial charge in [0.2, 0.25) is 15.9 Å². The number of H-pyrrole nitrogens is 1. The Morgan fingerprint density at radius 1 is 1.21 bits per heavy atom. The summed E-state index contributed by atoms with van der Waals surface area (Å²) in [7, 11) is -3.66. The minimum atomic E-state index is -3.66. The van der Waals surface area contributed by atoms with Crippen molar-refractivity contribution >= 4 is 21.6 Å². The lowest BCUT2D eigenvalue weighted by Crippen LogP contribution is -2.41. The number of carbonyl (C=O) groups excluding carboxylic acids is 1. The van der Waals surface area contributed by atoms with Crippen LogP contribution in [0.25, 0.3) is 0 Å². The number of nitrogens with one attached hydrogen (secondary N) is 3. The summed E-state index contributed by atoms with van der Waals surface area (Å²) in [6.45, 7) is 5.85. The second-order valence-corrected chi connectivity index (χ2v) is 8.85. The Hall–Kier alpha value is -2.20. The Bertz CT molecular complexity index is 980. The second-order valence-electron chi connectivity index (χ2n) is 7.08. The van der Waals surface area contributed by atoms with Crippen LogP contribution in [0.3, 0.4) is 0 Å². The molecule has 1 saturated heterocycles. The van der Waals surface area contributed by atoms with Crippen molar-refractivity contribution in [2.75, 3.05) is 44.7 Å². The lowest BCUT2D eigenvalue weighted by atomic mass is 9.93. The van der Waals surface area contributed by atoms with Crippen LogP contribution in [-0.4, -0.2) is 63.6 Å². The molecule has 4 rings (SSSR count). The lowest BCUT2D eigenvalue weighted by molar-refractivity contribution is -0.116. The summed E-state index contributed by atoms with van der Waals surface area (Å²) in [4.78, 5) is 17.9. The number of nitrogens with zero attached hydrogens (tertiary/aromatic N) is 1. The maximum Gasteiger partial charge on any atom is 0.240 e. The maximum absolute atomic E-state index is 12.7. The van der Waals surface area contributed by atoms with Crippen LogP contribution >= 0.6 is 0 Å². The van der Waals surface area contributed by atoms with Gasteiger partial charge >= 0.3 is 0 Å². The van der Waals surface area contributed by atoms with Crippen LogP contribution in [-0.2, 0) is 19.6 Å². The Morgan fingerprint density at radius 3 is 2.71 bits per heavy atom. The van der Waals surface area contributed by atoms with Crippen LogP contribution in [0, 0.1) is 6.92 Å². The van der Waals surface area contributed by atoms with Gasteiger partial charge in [0.15, 0.2) is 0 Å². The fourth-order valence-corrected chi connectivity index (χ4v) is 4.80. The molecule has 1 atom stereocenters. The Labute approximate surface area is 164 Å². The highest BCUT2D eigenvalue weighted by Gasteiger charge is 2.34. The molecule has 1 unspecified atom stereocenters. The van der Waals surface area contributed by atoms with Crippen LogP contribution in [0.4, 0.5) is 5.69 Å². The second kappa shape index (κ2) is 7.67. The van der Waals surface area contributed by atoms with E-state index in [0.717, 1.165) is 24.3 Å². The third-order valence-corrected chi connectivity index (χ3v) is 6.75. The van der Waals surface area contributed by atoms with Crippen molar-refractivity contribution in [3.63, 3.8) is 0 Å². The quantitative estimate of drug-likeness (QED) is 0.667. The van der Waals surface area contributed by atoms with Crippen LogP contribution in [0.2, 0.25) is 0 Å². The number of aryl methyl sites for hydroxylation is 1. The summed E-state index contributed by atoms with van der Waals surface area (Å²) in [5, 5.41) is 2.84. The zero-order valence-corrected chi connectivity index (χ0v) is 16.5. The van der Waals surface area contributed by atoms with Gasteiger partial charge in [0.05, 0.1) is 24.0 Å². The van der Waals surface area contributed by atoms with Crippen molar-refractivity contribution in [1.29, 1.82) is 0 Å². The molecule has 8 nitrogen and oxygen atoms in total. The summed E-state index contributed by atoms with van der Waals surface area (Å²) in [5.74, 6) is -0.655. The van der Waals surface area contributed by atoms with Crippen LogP contribution in [0.15, 0.2) is 35.4 Å². The summed E-state index contributed by atoms with van der Waals surface area (Å²) in [6.07, 6.45) is 1.78. The van der Waals surface area contributed by atoms with Crippen molar-refractivity contribution in [2.45, 2.75) is 17.7 Å². The molecule has 0 radical (unpaired) electrons. The Balaban J connectivity index is 1.52. The molecule has 9 heteroatoms. The molecule has 3 N–H and O–H groups in total. The molecule has 2 aliphatic heterocycles. The third kappa shape index (κ3) is 3.70. The molecule has 28 heavy (non-hydrogen) atoms. The number of aromatic amines is 1. The molecule has 0 aliphatic carbocycles. The molecular formula is C19H24N4O4S. The number of ether oxygens (including phenoxy) is 1. The minimum Gasteiger partial charge on any atom is -0.379 e. The Kier molecular flexibility index (Phi) is 5.24. The fraction of sp³-hybridized carbons (Fsp3) is 0.421. The number of rotatable bonds is 6. The number of fused-ring (bicyclic) bond motifs is 1. The van der Waals surface area contributed by atoms with Gasteiger partial charge in [-0.15, -0.1) is 0 Å². The summed E-state index contributed by atoms with van der Waals surface area (Å²) in [6, 6.07) is 6.64. The highest BCUT2D eigenvalue weighted by Crippen LogP contribution is 2.39. The first-order valence-corrected chi connectivity index (χ1v) is 10.8. The van der Waals surface area contributed by atoms with Gasteiger partial charge in [-0.05, 0) is 42.3 Å². The third-order valence-electron chi connectivity index (χ3n) is 5.29. The first-order chi connectivity index (χ1) is 13.5. The number of hydrogen-bond donors (Lipinski definition) is 3. The van der Waals surface area contributed by atoms with Gasteiger partial charge < -0.3 is 15.0 Å². The van der Waals surface area contributed by atoms with Crippen molar-refractivity contribution in [1.82, 2.24) is 14.6 Å². The average Bonchev–Trinajstić information content (AvgIpc) is 3.23. The van der Waals surface area contributed by atoms with E-state index in [2.05, 4.69) is 19.9 Å². The summed E-state index contributed by atoms with van der Waals surface area (Å²) < 4.78 is 33.5. The standard InChI is InChI=1S/C19H24N4O4S/c1-13-15(4-5-20-13)18-16-12-14(2-3-17(16)22-19(18)24)28(25,26)21-6-7-23-8-10-27-11-9-23/h2-5,12,18,20-21H,6-11H2,1H3,(H,22,24). The van der Waals surface area contributed by atoms with E-state index in [-0.39, 0.29) is 10.8 Å². The normalized spacial score (nSPS) is 20.2. The van der Waals surface area contributed by atoms with E-state index in [1.54, 1.807) is 18.3 Å². The van der Waals surface area contributed by atoms with Gasteiger partial charge in [0, 0.05) is 43.8 Å². The molecule has 0 spiro atoms. The topological polar surface area (TPSA) is 104 Å². The van der Waals surface area contributed by atoms with Gasteiger partial charge in [-0.3, -0.25) is 9.69 Å². The molecule has 1 aromatic heterocycles. The summed E-state index contributed by atoms with van der Waals surface area (Å²) >= 11 is 0. The zero-order valence-electron chi connectivity index (χ0n) is 15.7. The predicted molar refractivity (Wildman–Crippen MR) is 105 cm³/mol. The maximum atomic E-state index is 12.7. The zero-order chi connectivity index (χ0) is 19.7. The van der Waals surface area contributed by atoms with Crippen LogP contribution in [0.1, 0.15) is 22.7 Å². The number of sulfonamides is 1. The first-order valence-electron chi connectivity index (χ1n) is 9.34. The van der Waals surface area contributed by atoms with Gasteiger partial charge in [0.25, 0.3) is 0 Å². The van der Waals surface area contributed by atoms with Gasteiger partial charge in [-0.1, -0.05) is 0 Å². The number of amides is 1. The van der Waals surface area contributed by atoms with E-state index < -0.39 is 15.9 Å². The first kappa shape index (κ1) is 19.1. The number of hydrogen-bond acceptors (Lipinski definition) is 5. The van der Waals surface area contributed by atoms with E-state index in [1.807, 2.05) is 13.0 Å². The SMILES string of the molecule is Cc1[nH]ccc1C1C(=O)Nc2ccc(S(=O)(=O)NCCN3CCOCC3)cc21. The van der Waals surface area contributed by atoms with E-state index in [9.17, 15) is 13.2 Å². The molecule has 0 saturated carbocycles. The molecule has 3 heterocycles. The average molecular weight is 404 g/mol. The van der Waals surface area contributed by atoms with Gasteiger partial charge in [0.1, 0.15) is 0 Å². The largest absolute Gasteiger partial charge is 0.379 e. The van der Waals surface area contributed by atoms with Crippen molar-refractivity contribution < 1.29 is 17.9 Å². The van der Waals surface area contributed by atoms with Gasteiger partial charge in [-0.25, -0.2) is 13.1 Å². The predicted octanol–water partition coefficient (Wildman–Crippen LogP) is 1.02. The fourth-order valence-electron chi connectivity index (χ4n) is 3.74. The van der Waals surface area contributed by atoms with E-state index in [1.165, 1.54) is 6.07 Å². The monoisotopic (exact) mass is 404 g/mol. The van der Waals surface area contributed by atoms with E-state index >= 15 is 0 Å². The lowest BCUT2D eigenvalue weighted by Gasteiger charge is -2.26. The molecule has 150 valence electrons.